The molecule has 1 aliphatic heterocycles. The smallest absolute Gasteiger partial charge is 0.311 e. The molecule has 0 unspecified atom stereocenters. The summed E-state index contributed by atoms with van der Waals surface area (Å²) in [5.74, 6) is -0.879. The largest absolute Gasteiger partial charge is 0.497 e. The van der Waals surface area contributed by atoms with Crippen LogP contribution >= 0.6 is 15.9 Å². The Kier molecular flexibility index (Phi) is 7.74. The van der Waals surface area contributed by atoms with E-state index in [0.29, 0.717) is 22.9 Å². The molecule has 1 aliphatic rings. The number of nitrogens with one attached hydrogen (secondary N) is 1. The van der Waals surface area contributed by atoms with E-state index in [4.69, 9.17) is 14.2 Å². The number of hydrogen-bond donors (Lipinski definition) is 1. The number of anilines is 2. The number of methoxy groups -OCH3 is 2. The summed E-state index contributed by atoms with van der Waals surface area (Å²) in [4.78, 5) is 38.9. The van der Waals surface area contributed by atoms with E-state index in [1.54, 1.807) is 24.3 Å². The maximum absolute atomic E-state index is 12.6. The second-order valence-corrected chi connectivity index (χ2v) is 8.17. The molecule has 170 valence electrons. The second-order valence-electron chi connectivity index (χ2n) is 7.25. The van der Waals surface area contributed by atoms with Crippen molar-refractivity contribution in [3.05, 3.63) is 46.4 Å². The molecule has 0 spiro atoms. The van der Waals surface area contributed by atoms with Crippen molar-refractivity contribution in [3.8, 4) is 11.5 Å². The lowest BCUT2D eigenvalue weighted by atomic mass is 10.1. The Morgan fingerprint density at radius 1 is 1.16 bits per heavy atom. The number of carbonyl (C=O) groups is 3. The highest BCUT2D eigenvalue weighted by Gasteiger charge is 2.37. The fourth-order valence-corrected chi connectivity index (χ4v) is 3.93. The van der Waals surface area contributed by atoms with Crippen molar-refractivity contribution in [1.82, 2.24) is 0 Å². The number of aryl methyl sites for hydroxylation is 1. The molecular weight excluding hydrogens is 480 g/mol. The summed E-state index contributed by atoms with van der Waals surface area (Å²) in [5, 5.41) is 2.76. The van der Waals surface area contributed by atoms with Gasteiger partial charge in [-0.05, 0) is 42.3 Å². The first-order valence-electron chi connectivity index (χ1n) is 10.1. The molecule has 0 saturated carbocycles. The van der Waals surface area contributed by atoms with Crippen LogP contribution in [0.2, 0.25) is 0 Å². The number of benzene rings is 2. The zero-order chi connectivity index (χ0) is 23.3. The Hall–Kier alpha value is -3.07. The van der Waals surface area contributed by atoms with E-state index in [0.717, 1.165) is 16.5 Å². The van der Waals surface area contributed by atoms with Crippen LogP contribution in [0.5, 0.6) is 11.5 Å². The summed E-state index contributed by atoms with van der Waals surface area (Å²) < 4.78 is 16.7. The van der Waals surface area contributed by atoms with E-state index in [-0.39, 0.29) is 18.9 Å². The van der Waals surface area contributed by atoms with Gasteiger partial charge in [0.15, 0.2) is 6.61 Å². The monoisotopic (exact) mass is 504 g/mol. The first kappa shape index (κ1) is 23.6. The van der Waals surface area contributed by atoms with Crippen LogP contribution in [0.3, 0.4) is 0 Å². The maximum Gasteiger partial charge on any atom is 0.311 e. The first-order chi connectivity index (χ1) is 15.4. The molecule has 9 heteroatoms. The average Bonchev–Trinajstić information content (AvgIpc) is 3.19. The molecule has 8 nitrogen and oxygen atoms in total. The predicted octanol–water partition coefficient (Wildman–Crippen LogP) is 3.56. The lowest BCUT2D eigenvalue weighted by Crippen LogP contribution is -2.28. The maximum atomic E-state index is 12.6. The highest BCUT2D eigenvalue weighted by Crippen LogP contribution is 2.36. The molecule has 3 rings (SSSR count). The fourth-order valence-electron chi connectivity index (χ4n) is 3.52. The van der Waals surface area contributed by atoms with Crippen molar-refractivity contribution in [2.45, 2.75) is 19.8 Å². The molecule has 32 heavy (non-hydrogen) atoms. The molecule has 2 aromatic carbocycles. The minimum Gasteiger partial charge on any atom is -0.497 e. The third kappa shape index (κ3) is 5.40. The molecular formula is C23H25BrN2O6. The Morgan fingerprint density at radius 2 is 1.94 bits per heavy atom. The number of ether oxygens (including phenoxy) is 3. The number of esters is 1. The van der Waals surface area contributed by atoms with E-state index >= 15 is 0 Å². The highest BCUT2D eigenvalue weighted by atomic mass is 79.9. The number of amides is 2. The molecule has 2 aromatic rings. The number of halogens is 1. The van der Waals surface area contributed by atoms with Gasteiger partial charge in [-0.2, -0.15) is 0 Å². The van der Waals surface area contributed by atoms with Crippen molar-refractivity contribution in [1.29, 1.82) is 0 Å². The molecule has 1 fully saturated rings. The average molecular weight is 505 g/mol. The van der Waals surface area contributed by atoms with Crippen LogP contribution in [0.25, 0.3) is 0 Å². The van der Waals surface area contributed by atoms with Crippen LogP contribution < -0.4 is 19.7 Å². The zero-order valence-corrected chi connectivity index (χ0v) is 19.7. The SMILES string of the molecule is CCc1cc(Br)ccc1NC(=O)COC(=O)[C@H]1CC(=O)N(c2cc(OC)ccc2OC)C1. The van der Waals surface area contributed by atoms with Crippen LogP contribution in [0.15, 0.2) is 40.9 Å². The van der Waals surface area contributed by atoms with Crippen molar-refractivity contribution in [2.24, 2.45) is 5.92 Å². The van der Waals surface area contributed by atoms with Gasteiger partial charge >= 0.3 is 5.97 Å². The molecule has 2 amide bonds. The van der Waals surface area contributed by atoms with Crippen LogP contribution in [-0.4, -0.2) is 45.2 Å². The van der Waals surface area contributed by atoms with E-state index in [2.05, 4.69) is 21.2 Å². The van der Waals surface area contributed by atoms with Crippen molar-refractivity contribution < 1.29 is 28.6 Å². The number of nitrogens with zero attached hydrogens (tertiary/aromatic N) is 1. The fraction of sp³-hybridized carbons (Fsp3) is 0.348. The summed E-state index contributed by atoms with van der Waals surface area (Å²) in [6.45, 7) is 1.69. The van der Waals surface area contributed by atoms with Gasteiger partial charge in [0.25, 0.3) is 5.91 Å². The Balaban J connectivity index is 1.60. The minimum absolute atomic E-state index is 0.00644. The quantitative estimate of drug-likeness (QED) is 0.552. The molecule has 0 radical (unpaired) electrons. The van der Waals surface area contributed by atoms with Crippen LogP contribution in [0, 0.1) is 5.92 Å². The Bertz CT molecular complexity index is 1030. The number of rotatable bonds is 8. The summed E-state index contributed by atoms with van der Waals surface area (Å²) in [6.07, 6.45) is 0.732. The van der Waals surface area contributed by atoms with E-state index in [1.807, 2.05) is 19.1 Å². The summed E-state index contributed by atoms with van der Waals surface area (Å²) in [7, 11) is 3.03. The lowest BCUT2D eigenvalue weighted by Gasteiger charge is -2.20. The third-order valence-electron chi connectivity index (χ3n) is 5.20. The van der Waals surface area contributed by atoms with Crippen LogP contribution in [0.4, 0.5) is 11.4 Å². The van der Waals surface area contributed by atoms with Crippen molar-refractivity contribution >= 4 is 45.1 Å². The topological polar surface area (TPSA) is 94.2 Å². The molecule has 1 heterocycles. The Morgan fingerprint density at radius 3 is 2.62 bits per heavy atom. The van der Waals surface area contributed by atoms with E-state index < -0.39 is 24.4 Å². The first-order valence-corrected chi connectivity index (χ1v) is 10.9. The van der Waals surface area contributed by atoms with Crippen LogP contribution in [-0.2, 0) is 25.5 Å². The van der Waals surface area contributed by atoms with Gasteiger partial charge in [0, 0.05) is 29.2 Å². The zero-order valence-electron chi connectivity index (χ0n) is 18.1. The normalized spacial score (nSPS) is 15.4. The van der Waals surface area contributed by atoms with Crippen LogP contribution in [0.1, 0.15) is 18.9 Å². The van der Waals surface area contributed by atoms with Crippen molar-refractivity contribution in [3.63, 3.8) is 0 Å². The number of hydrogen-bond acceptors (Lipinski definition) is 6. The number of carbonyl (C=O) groups excluding carboxylic acids is 3. The van der Waals surface area contributed by atoms with E-state index in [1.165, 1.54) is 19.1 Å². The summed E-state index contributed by atoms with van der Waals surface area (Å²) in [6, 6.07) is 10.6. The molecule has 1 saturated heterocycles. The third-order valence-corrected chi connectivity index (χ3v) is 5.70. The van der Waals surface area contributed by atoms with Gasteiger partial charge in [-0.3, -0.25) is 14.4 Å². The van der Waals surface area contributed by atoms with E-state index in [9.17, 15) is 14.4 Å². The predicted molar refractivity (Wildman–Crippen MR) is 123 cm³/mol. The van der Waals surface area contributed by atoms with Gasteiger partial charge in [0.2, 0.25) is 5.91 Å². The summed E-state index contributed by atoms with van der Waals surface area (Å²) >= 11 is 3.41. The van der Waals surface area contributed by atoms with Gasteiger partial charge in [0.05, 0.1) is 25.8 Å². The van der Waals surface area contributed by atoms with Gasteiger partial charge in [-0.25, -0.2) is 0 Å². The Labute approximate surface area is 194 Å². The van der Waals surface area contributed by atoms with Gasteiger partial charge in [0.1, 0.15) is 11.5 Å². The van der Waals surface area contributed by atoms with Gasteiger partial charge in [-0.1, -0.05) is 22.9 Å². The highest BCUT2D eigenvalue weighted by molar-refractivity contribution is 9.10. The summed E-state index contributed by atoms with van der Waals surface area (Å²) in [5.41, 5.74) is 2.15. The molecule has 1 N–H and O–H groups in total. The minimum atomic E-state index is -0.676. The van der Waals surface area contributed by atoms with Gasteiger partial charge in [-0.15, -0.1) is 0 Å². The van der Waals surface area contributed by atoms with Gasteiger partial charge < -0.3 is 24.4 Å². The molecule has 0 aromatic heterocycles. The second kappa shape index (κ2) is 10.5. The molecule has 1 atom stereocenters. The lowest BCUT2D eigenvalue weighted by molar-refractivity contribution is -0.151. The molecule has 0 bridgehead atoms. The molecule has 0 aliphatic carbocycles. The van der Waals surface area contributed by atoms with Crippen molar-refractivity contribution in [2.75, 3.05) is 37.6 Å². The standard InChI is InChI=1S/C23H25BrN2O6/c1-4-14-9-16(24)5-7-18(14)25-21(27)13-32-23(29)15-10-22(28)26(12-15)19-11-17(30-2)6-8-20(19)31-3/h5-9,11,15H,4,10,12-13H2,1-3H3,(H,25,27)/t15-/m0/s1.